The third kappa shape index (κ3) is 2.78. The monoisotopic (exact) mass is 303 g/mol. The Kier molecular flexibility index (Phi) is 4.02. The van der Waals surface area contributed by atoms with E-state index >= 15 is 0 Å². The lowest BCUT2D eigenvalue weighted by atomic mass is 10.0. The fraction of sp³-hybridized carbons (Fsp3) is 0.500. The fourth-order valence-electron chi connectivity index (χ4n) is 3.08. The van der Waals surface area contributed by atoms with Crippen molar-refractivity contribution >= 4 is 11.8 Å². The molecule has 1 N–H and O–H groups in total. The van der Waals surface area contributed by atoms with E-state index in [1.807, 2.05) is 24.3 Å². The molecule has 0 saturated carbocycles. The van der Waals surface area contributed by atoms with Crippen LogP contribution in [0.25, 0.3) is 0 Å². The molecule has 0 aliphatic carbocycles. The van der Waals surface area contributed by atoms with Gasteiger partial charge in [0, 0.05) is 26.2 Å². The maximum atomic E-state index is 12.1. The van der Waals surface area contributed by atoms with Crippen LogP contribution in [0.1, 0.15) is 12.5 Å². The van der Waals surface area contributed by atoms with E-state index in [1.54, 1.807) is 18.9 Å². The van der Waals surface area contributed by atoms with E-state index in [0.717, 1.165) is 18.8 Å². The van der Waals surface area contributed by atoms with Crippen LogP contribution >= 0.6 is 0 Å². The number of benzene rings is 1. The van der Waals surface area contributed by atoms with Crippen LogP contribution in [0, 0.1) is 0 Å². The van der Waals surface area contributed by atoms with Crippen molar-refractivity contribution in [1.29, 1.82) is 0 Å². The number of carbonyl (C=O) groups excluding carboxylic acids is 2. The van der Waals surface area contributed by atoms with Gasteiger partial charge in [0.2, 0.25) is 11.8 Å². The number of carbonyl (C=O) groups is 2. The molecule has 2 heterocycles. The summed E-state index contributed by atoms with van der Waals surface area (Å²) in [5.41, 5.74) is 1.17. The van der Waals surface area contributed by atoms with E-state index < -0.39 is 6.04 Å². The number of rotatable bonds is 3. The first-order chi connectivity index (χ1) is 10.6. The van der Waals surface area contributed by atoms with E-state index in [9.17, 15) is 9.59 Å². The van der Waals surface area contributed by atoms with Gasteiger partial charge < -0.3 is 15.0 Å². The lowest BCUT2D eigenvalue weighted by molar-refractivity contribution is -0.152. The molecule has 2 aliphatic rings. The van der Waals surface area contributed by atoms with Crippen molar-refractivity contribution in [3.8, 4) is 5.75 Å². The van der Waals surface area contributed by atoms with E-state index in [4.69, 9.17) is 4.74 Å². The van der Waals surface area contributed by atoms with Crippen molar-refractivity contribution in [2.24, 2.45) is 0 Å². The van der Waals surface area contributed by atoms with Crippen molar-refractivity contribution in [1.82, 2.24) is 15.1 Å². The third-order valence-electron chi connectivity index (χ3n) is 4.34. The maximum Gasteiger partial charge on any atom is 0.245 e. The van der Waals surface area contributed by atoms with Crippen LogP contribution in [0.2, 0.25) is 0 Å². The van der Waals surface area contributed by atoms with Gasteiger partial charge in [0.15, 0.2) is 0 Å². The summed E-state index contributed by atoms with van der Waals surface area (Å²) in [5, 5.41) is 2.75. The Morgan fingerprint density at radius 2 is 1.95 bits per heavy atom. The molecule has 1 aromatic carbocycles. The summed E-state index contributed by atoms with van der Waals surface area (Å²) < 4.78 is 5.16. The van der Waals surface area contributed by atoms with Crippen LogP contribution in [-0.4, -0.2) is 60.4 Å². The van der Waals surface area contributed by atoms with Gasteiger partial charge in [-0.2, -0.15) is 0 Å². The molecule has 2 atom stereocenters. The minimum Gasteiger partial charge on any atom is -0.497 e. The molecular weight excluding hydrogens is 282 g/mol. The Hall–Kier alpha value is -2.08. The molecule has 2 saturated heterocycles. The summed E-state index contributed by atoms with van der Waals surface area (Å²) in [6, 6.07) is 7.15. The standard InChI is InChI=1S/C16H21N3O3/c1-11-16(21)19-8-7-18(10-14(19)15(20)17-11)9-12-3-5-13(22-2)6-4-12/h3-6,11,14H,7-10H2,1-2H3,(H,17,20)/t11-,14+/m0/s1. The Bertz CT molecular complexity index is 573. The number of methoxy groups -OCH3 is 1. The number of nitrogens with one attached hydrogen (secondary N) is 1. The van der Waals surface area contributed by atoms with Crippen LogP contribution in [0.5, 0.6) is 5.75 Å². The molecule has 0 spiro atoms. The number of ether oxygens (including phenoxy) is 1. The Balaban J connectivity index is 1.65. The van der Waals surface area contributed by atoms with Gasteiger partial charge in [0.05, 0.1) is 7.11 Å². The second-order valence-corrected chi connectivity index (χ2v) is 5.86. The molecule has 2 fully saturated rings. The molecule has 6 heteroatoms. The van der Waals surface area contributed by atoms with Crippen molar-refractivity contribution in [2.75, 3.05) is 26.7 Å². The SMILES string of the molecule is COc1ccc(CN2CCN3C(=O)[C@H](C)NC(=O)[C@H]3C2)cc1. The lowest BCUT2D eigenvalue weighted by Gasteiger charge is -2.44. The zero-order valence-electron chi connectivity index (χ0n) is 12.9. The lowest BCUT2D eigenvalue weighted by Crippen LogP contribution is -2.68. The highest BCUT2D eigenvalue weighted by Gasteiger charge is 2.41. The fourth-order valence-corrected chi connectivity index (χ4v) is 3.08. The average Bonchev–Trinajstić information content (AvgIpc) is 2.53. The van der Waals surface area contributed by atoms with Gasteiger partial charge in [-0.3, -0.25) is 14.5 Å². The van der Waals surface area contributed by atoms with Crippen LogP contribution < -0.4 is 10.1 Å². The van der Waals surface area contributed by atoms with Crippen LogP contribution in [0.3, 0.4) is 0 Å². The zero-order valence-corrected chi connectivity index (χ0v) is 12.9. The molecule has 2 amide bonds. The summed E-state index contributed by atoms with van der Waals surface area (Å²) >= 11 is 0. The Labute approximate surface area is 130 Å². The second kappa shape index (κ2) is 5.96. The van der Waals surface area contributed by atoms with E-state index in [1.165, 1.54) is 5.56 Å². The molecule has 0 bridgehead atoms. The predicted molar refractivity (Wildman–Crippen MR) is 81.4 cm³/mol. The highest BCUT2D eigenvalue weighted by Crippen LogP contribution is 2.19. The molecule has 2 aliphatic heterocycles. The highest BCUT2D eigenvalue weighted by atomic mass is 16.5. The van der Waals surface area contributed by atoms with E-state index in [0.29, 0.717) is 13.1 Å². The quantitative estimate of drug-likeness (QED) is 0.868. The van der Waals surface area contributed by atoms with Crippen molar-refractivity contribution in [3.63, 3.8) is 0 Å². The van der Waals surface area contributed by atoms with Crippen LogP contribution in [0.15, 0.2) is 24.3 Å². The maximum absolute atomic E-state index is 12.1. The molecular formula is C16H21N3O3. The Morgan fingerprint density at radius 3 is 2.64 bits per heavy atom. The molecule has 1 aromatic rings. The molecule has 118 valence electrons. The zero-order chi connectivity index (χ0) is 15.7. The summed E-state index contributed by atoms with van der Waals surface area (Å²) in [6.45, 7) is 4.48. The van der Waals surface area contributed by atoms with Crippen LogP contribution in [-0.2, 0) is 16.1 Å². The number of hydrogen-bond donors (Lipinski definition) is 1. The van der Waals surface area contributed by atoms with E-state index in [2.05, 4.69) is 10.2 Å². The second-order valence-electron chi connectivity index (χ2n) is 5.86. The third-order valence-corrected chi connectivity index (χ3v) is 4.34. The molecule has 6 nitrogen and oxygen atoms in total. The number of amides is 2. The largest absolute Gasteiger partial charge is 0.497 e. The molecule has 0 unspecified atom stereocenters. The van der Waals surface area contributed by atoms with Crippen molar-refractivity contribution < 1.29 is 14.3 Å². The molecule has 0 aromatic heterocycles. The number of fused-ring (bicyclic) bond motifs is 1. The molecule has 22 heavy (non-hydrogen) atoms. The minimum absolute atomic E-state index is 0.0219. The van der Waals surface area contributed by atoms with E-state index in [-0.39, 0.29) is 17.9 Å². The highest BCUT2D eigenvalue weighted by molar-refractivity contribution is 5.97. The first-order valence-electron chi connectivity index (χ1n) is 7.54. The summed E-state index contributed by atoms with van der Waals surface area (Å²) in [7, 11) is 1.65. The number of nitrogens with zero attached hydrogens (tertiary/aromatic N) is 2. The van der Waals surface area contributed by atoms with Gasteiger partial charge >= 0.3 is 0 Å². The smallest absolute Gasteiger partial charge is 0.245 e. The Morgan fingerprint density at radius 1 is 1.23 bits per heavy atom. The van der Waals surface area contributed by atoms with Crippen molar-refractivity contribution in [2.45, 2.75) is 25.6 Å². The van der Waals surface area contributed by atoms with Gasteiger partial charge in [-0.1, -0.05) is 12.1 Å². The van der Waals surface area contributed by atoms with Gasteiger partial charge in [0.1, 0.15) is 17.8 Å². The predicted octanol–water partition coefficient (Wildman–Crippen LogP) is 0.226. The first kappa shape index (κ1) is 14.8. The number of piperazine rings is 2. The normalized spacial score (nSPS) is 25.6. The summed E-state index contributed by atoms with van der Waals surface area (Å²) in [4.78, 5) is 28.2. The average molecular weight is 303 g/mol. The number of hydrogen-bond acceptors (Lipinski definition) is 4. The topological polar surface area (TPSA) is 61.9 Å². The molecule has 0 radical (unpaired) electrons. The van der Waals surface area contributed by atoms with Gasteiger partial charge in [-0.15, -0.1) is 0 Å². The minimum atomic E-state index is -0.406. The van der Waals surface area contributed by atoms with Gasteiger partial charge in [-0.05, 0) is 24.6 Å². The summed E-state index contributed by atoms with van der Waals surface area (Å²) in [6.07, 6.45) is 0. The molecule has 3 rings (SSSR count). The van der Waals surface area contributed by atoms with Crippen LogP contribution in [0.4, 0.5) is 0 Å². The van der Waals surface area contributed by atoms with Crippen molar-refractivity contribution in [3.05, 3.63) is 29.8 Å². The van der Waals surface area contributed by atoms with Gasteiger partial charge in [0.25, 0.3) is 0 Å². The van der Waals surface area contributed by atoms with Gasteiger partial charge in [-0.25, -0.2) is 0 Å². The summed E-state index contributed by atoms with van der Waals surface area (Å²) in [5.74, 6) is 0.806. The first-order valence-corrected chi connectivity index (χ1v) is 7.54.